The van der Waals surface area contributed by atoms with E-state index in [0.29, 0.717) is 18.8 Å². The maximum atomic E-state index is 13.3. The molecule has 1 N–H and O–H groups in total. The van der Waals surface area contributed by atoms with Crippen LogP contribution in [0.25, 0.3) is 0 Å². The van der Waals surface area contributed by atoms with Crippen LogP contribution in [-0.2, 0) is 6.42 Å². The average Bonchev–Trinajstić information content (AvgIpc) is 2.49. The number of hydrogen-bond donors (Lipinski definition) is 1. The van der Waals surface area contributed by atoms with Crippen molar-refractivity contribution in [1.29, 1.82) is 0 Å². The Labute approximate surface area is 140 Å². The number of nitrogens with zero attached hydrogens (tertiary/aromatic N) is 2. The molecule has 0 amide bonds. The van der Waals surface area contributed by atoms with Gasteiger partial charge in [0.1, 0.15) is 29.1 Å². The lowest BCUT2D eigenvalue weighted by Gasteiger charge is -2.11. The lowest BCUT2D eigenvalue weighted by Crippen LogP contribution is -2.17. The number of ether oxygens (including phenoxy) is 1. The zero-order valence-corrected chi connectivity index (χ0v) is 13.3. The van der Waals surface area contributed by atoms with Crippen molar-refractivity contribution in [3.8, 4) is 5.75 Å². The molecule has 1 heterocycles. The van der Waals surface area contributed by atoms with Crippen molar-refractivity contribution in [1.82, 2.24) is 9.97 Å². The molecular formula is C15H14ClF4N3O. The summed E-state index contributed by atoms with van der Waals surface area (Å²) in [6.45, 7) is 1.74. The molecule has 0 spiro atoms. The van der Waals surface area contributed by atoms with Crippen LogP contribution in [0, 0.1) is 0 Å². The summed E-state index contributed by atoms with van der Waals surface area (Å²) in [6.07, 6.45) is -4.31. The van der Waals surface area contributed by atoms with Crippen LogP contribution in [-0.4, -0.2) is 22.9 Å². The van der Waals surface area contributed by atoms with Gasteiger partial charge in [-0.2, -0.15) is 0 Å². The van der Waals surface area contributed by atoms with Gasteiger partial charge in [-0.15, -0.1) is 13.2 Å². The Hall–Kier alpha value is -2.09. The van der Waals surface area contributed by atoms with E-state index in [9.17, 15) is 17.6 Å². The van der Waals surface area contributed by atoms with Crippen LogP contribution < -0.4 is 10.1 Å². The number of nitrogens with one attached hydrogen (secondary N) is 1. The molecule has 2 aromatic rings. The largest absolute Gasteiger partial charge is 0.573 e. The number of hydrogen-bond acceptors (Lipinski definition) is 4. The van der Waals surface area contributed by atoms with Gasteiger partial charge in [-0.3, -0.25) is 0 Å². The van der Waals surface area contributed by atoms with Gasteiger partial charge in [0, 0.05) is 6.54 Å². The quantitative estimate of drug-likeness (QED) is 0.755. The summed E-state index contributed by atoms with van der Waals surface area (Å²) in [5.74, 6) is 0.0304. The highest BCUT2D eigenvalue weighted by molar-refractivity contribution is 6.33. The fourth-order valence-corrected chi connectivity index (χ4v) is 2.28. The second-order valence-electron chi connectivity index (χ2n) is 4.91. The van der Waals surface area contributed by atoms with E-state index in [2.05, 4.69) is 20.0 Å². The highest BCUT2D eigenvalue weighted by atomic mass is 35.5. The van der Waals surface area contributed by atoms with E-state index < -0.39 is 12.5 Å². The second kappa shape index (κ2) is 7.65. The molecule has 0 bridgehead atoms. The van der Waals surface area contributed by atoms with E-state index >= 15 is 0 Å². The number of halogens is 5. The van der Waals surface area contributed by atoms with Crippen LogP contribution in [0.3, 0.4) is 0 Å². The summed E-state index contributed by atoms with van der Waals surface area (Å²) in [5.41, 5.74) is 0.893. The molecule has 24 heavy (non-hydrogen) atoms. The lowest BCUT2D eigenvalue weighted by atomic mass is 10.1. The minimum Gasteiger partial charge on any atom is -0.406 e. The molecular weight excluding hydrogens is 350 g/mol. The molecule has 0 aliphatic heterocycles. The smallest absolute Gasteiger partial charge is 0.406 e. The topological polar surface area (TPSA) is 47.0 Å². The standard InChI is InChI=1S/C15H14ClF4N3O/c1-9(17)13-12(16)14(23-8-22-13)21-7-6-10-2-4-11(5-3-10)24-15(18,19)20/h2-5,8-9H,6-7H2,1H3,(H,21,22,23). The Morgan fingerprint density at radius 1 is 1.21 bits per heavy atom. The van der Waals surface area contributed by atoms with Gasteiger partial charge in [-0.05, 0) is 31.0 Å². The van der Waals surface area contributed by atoms with Crippen molar-refractivity contribution in [2.45, 2.75) is 25.9 Å². The van der Waals surface area contributed by atoms with E-state index in [1.54, 1.807) is 0 Å². The van der Waals surface area contributed by atoms with E-state index in [1.807, 2.05) is 0 Å². The fourth-order valence-electron chi connectivity index (χ4n) is 1.97. The molecule has 2 rings (SSSR count). The van der Waals surface area contributed by atoms with E-state index in [-0.39, 0.29) is 16.5 Å². The first-order valence-corrected chi connectivity index (χ1v) is 7.37. The number of alkyl halides is 4. The monoisotopic (exact) mass is 363 g/mol. The molecule has 1 atom stereocenters. The van der Waals surface area contributed by atoms with Crippen LogP contribution in [0.2, 0.25) is 5.02 Å². The first kappa shape index (κ1) is 18.3. The highest BCUT2D eigenvalue weighted by Gasteiger charge is 2.30. The van der Waals surface area contributed by atoms with Gasteiger partial charge in [0.15, 0.2) is 0 Å². The first-order valence-electron chi connectivity index (χ1n) is 6.99. The minimum absolute atomic E-state index is 0.0998. The number of rotatable bonds is 6. The zero-order valence-electron chi connectivity index (χ0n) is 12.6. The van der Waals surface area contributed by atoms with Gasteiger partial charge >= 0.3 is 6.36 Å². The highest BCUT2D eigenvalue weighted by Crippen LogP contribution is 2.28. The predicted molar refractivity (Wildman–Crippen MR) is 81.9 cm³/mol. The Balaban J connectivity index is 1.92. The van der Waals surface area contributed by atoms with E-state index in [1.165, 1.54) is 37.5 Å². The predicted octanol–water partition coefficient (Wildman–Crippen LogP) is 4.71. The van der Waals surface area contributed by atoms with Crippen LogP contribution in [0.1, 0.15) is 24.4 Å². The maximum absolute atomic E-state index is 13.3. The summed E-state index contributed by atoms with van der Waals surface area (Å²) in [5, 5.41) is 3.06. The van der Waals surface area contributed by atoms with Gasteiger partial charge in [0.25, 0.3) is 0 Å². The molecule has 1 aromatic carbocycles. The van der Waals surface area contributed by atoms with Crippen LogP contribution in [0.15, 0.2) is 30.6 Å². The Morgan fingerprint density at radius 3 is 2.46 bits per heavy atom. The van der Waals surface area contributed by atoms with Crippen molar-refractivity contribution in [3.63, 3.8) is 0 Å². The average molecular weight is 364 g/mol. The van der Waals surface area contributed by atoms with Crippen molar-refractivity contribution < 1.29 is 22.3 Å². The van der Waals surface area contributed by atoms with Crippen LogP contribution in [0.4, 0.5) is 23.4 Å². The fraction of sp³-hybridized carbons (Fsp3) is 0.333. The van der Waals surface area contributed by atoms with E-state index in [0.717, 1.165) is 5.56 Å². The summed E-state index contributed by atoms with van der Waals surface area (Å²) < 4.78 is 53.3. The van der Waals surface area contributed by atoms with Gasteiger partial charge < -0.3 is 10.1 Å². The van der Waals surface area contributed by atoms with Gasteiger partial charge in [0.05, 0.1) is 5.69 Å². The van der Waals surface area contributed by atoms with Crippen molar-refractivity contribution in [2.75, 3.05) is 11.9 Å². The molecule has 4 nitrogen and oxygen atoms in total. The summed E-state index contributed by atoms with van der Waals surface area (Å²) in [6, 6.07) is 5.53. The van der Waals surface area contributed by atoms with E-state index in [4.69, 9.17) is 11.6 Å². The molecule has 0 fully saturated rings. The molecule has 0 aliphatic rings. The molecule has 0 saturated carbocycles. The molecule has 1 unspecified atom stereocenters. The van der Waals surface area contributed by atoms with Crippen molar-refractivity contribution in [2.24, 2.45) is 0 Å². The van der Waals surface area contributed by atoms with Gasteiger partial charge in [-0.25, -0.2) is 14.4 Å². The number of aromatic nitrogens is 2. The third-order valence-corrected chi connectivity index (χ3v) is 3.43. The first-order chi connectivity index (χ1) is 11.3. The number of benzene rings is 1. The zero-order chi connectivity index (χ0) is 17.7. The van der Waals surface area contributed by atoms with Crippen molar-refractivity contribution in [3.05, 3.63) is 46.9 Å². The van der Waals surface area contributed by atoms with Gasteiger partial charge in [-0.1, -0.05) is 23.7 Å². The summed E-state index contributed by atoms with van der Waals surface area (Å²) in [4.78, 5) is 7.72. The van der Waals surface area contributed by atoms with Crippen LogP contribution >= 0.6 is 11.6 Å². The lowest BCUT2D eigenvalue weighted by molar-refractivity contribution is -0.274. The molecule has 1 aromatic heterocycles. The van der Waals surface area contributed by atoms with Gasteiger partial charge in [0.2, 0.25) is 0 Å². The van der Waals surface area contributed by atoms with Crippen molar-refractivity contribution >= 4 is 17.4 Å². The Bertz CT molecular complexity index is 677. The Kier molecular flexibility index (Phi) is 5.82. The summed E-state index contributed by atoms with van der Waals surface area (Å²) >= 11 is 6.02. The Morgan fingerprint density at radius 2 is 1.88 bits per heavy atom. The molecule has 130 valence electrons. The normalized spacial score (nSPS) is 12.8. The minimum atomic E-state index is -4.71. The summed E-state index contributed by atoms with van der Waals surface area (Å²) in [7, 11) is 0. The van der Waals surface area contributed by atoms with Crippen LogP contribution in [0.5, 0.6) is 5.75 Å². The molecule has 0 aliphatic carbocycles. The maximum Gasteiger partial charge on any atom is 0.573 e. The molecule has 0 saturated heterocycles. The molecule has 9 heteroatoms. The third kappa shape index (κ3) is 5.23. The molecule has 0 radical (unpaired) electrons. The SMILES string of the molecule is CC(F)c1ncnc(NCCc2ccc(OC(F)(F)F)cc2)c1Cl. The third-order valence-electron chi connectivity index (χ3n) is 3.06. The second-order valence-corrected chi connectivity index (χ2v) is 5.28. The number of anilines is 1.